The average molecular weight is 365 g/mol. The van der Waals surface area contributed by atoms with Crippen LogP contribution in [0, 0.1) is 0 Å². The van der Waals surface area contributed by atoms with Crippen molar-refractivity contribution in [2.75, 3.05) is 26.2 Å². The third-order valence-electron chi connectivity index (χ3n) is 2.83. The number of carboxylic acid groups (broad SMARTS) is 2. The number of nitrogens with zero attached hydrogens (tertiary/aromatic N) is 1. The molecule has 7 heteroatoms. The van der Waals surface area contributed by atoms with E-state index in [0.29, 0.717) is 6.61 Å². The molecule has 0 aliphatic carbocycles. The number of ether oxygens (including phenoxy) is 2. The smallest absolute Gasteiger partial charge is 0.414 e. The highest BCUT2D eigenvalue weighted by Crippen LogP contribution is 2.27. The van der Waals surface area contributed by atoms with Gasteiger partial charge in [0.1, 0.15) is 6.61 Å². The number of para-hydroxylation sites is 2. The van der Waals surface area contributed by atoms with Crippen molar-refractivity contribution < 1.29 is 29.3 Å². The van der Waals surface area contributed by atoms with Gasteiger partial charge in [0.2, 0.25) is 0 Å². The molecule has 0 radical (unpaired) electrons. The highest BCUT2D eigenvalue weighted by atomic mass is 16.5. The van der Waals surface area contributed by atoms with Crippen molar-refractivity contribution >= 4 is 11.9 Å². The van der Waals surface area contributed by atoms with Crippen molar-refractivity contribution in [1.82, 2.24) is 4.90 Å². The van der Waals surface area contributed by atoms with E-state index in [1.165, 1.54) is 0 Å². The molecule has 1 aromatic carbocycles. The maximum absolute atomic E-state index is 9.10. The second-order valence-electron chi connectivity index (χ2n) is 5.41. The van der Waals surface area contributed by atoms with Gasteiger partial charge in [0.15, 0.2) is 11.5 Å². The Balaban J connectivity index is 0.000000896. The summed E-state index contributed by atoms with van der Waals surface area (Å²) < 4.78 is 11.6. The Morgan fingerprint density at radius 2 is 1.58 bits per heavy atom. The predicted octanol–water partition coefficient (Wildman–Crippen LogP) is 2.68. The van der Waals surface area contributed by atoms with Crippen LogP contribution >= 0.6 is 0 Å². The largest absolute Gasteiger partial charge is 0.488 e. The molecule has 0 unspecified atom stereocenters. The van der Waals surface area contributed by atoms with Gasteiger partial charge in [-0.25, -0.2) is 9.59 Å². The van der Waals surface area contributed by atoms with Gasteiger partial charge in [-0.2, -0.15) is 0 Å². The van der Waals surface area contributed by atoms with Gasteiger partial charge in [0.05, 0.1) is 6.10 Å². The Morgan fingerprint density at radius 3 is 2.00 bits per heavy atom. The normalized spacial score (nSPS) is 9.85. The first-order valence-corrected chi connectivity index (χ1v) is 8.10. The molecule has 0 fully saturated rings. The molecule has 0 bridgehead atoms. The Morgan fingerprint density at radius 1 is 1.08 bits per heavy atom. The second-order valence-corrected chi connectivity index (χ2v) is 5.41. The number of aliphatic carboxylic acids is 2. The van der Waals surface area contributed by atoms with E-state index in [0.717, 1.165) is 31.1 Å². The van der Waals surface area contributed by atoms with E-state index in [9.17, 15) is 0 Å². The van der Waals surface area contributed by atoms with E-state index in [2.05, 4.69) is 18.1 Å². The fourth-order valence-electron chi connectivity index (χ4n) is 1.83. The van der Waals surface area contributed by atoms with Crippen molar-refractivity contribution in [3.05, 3.63) is 49.6 Å². The molecule has 0 saturated carbocycles. The van der Waals surface area contributed by atoms with Crippen LogP contribution in [0.2, 0.25) is 0 Å². The monoisotopic (exact) mass is 365 g/mol. The van der Waals surface area contributed by atoms with Gasteiger partial charge in [-0.1, -0.05) is 24.3 Å². The van der Waals surface area contributed by atoms with Crippen LogP contribution in [0.25, 0.3) is 0 Å². The zero-order chi connectivity index (χ0) is 19.9. The van der Waals surface area contributed by atoms with Crippen LogP contribution in [0.4, 0.5) is 0 Å². The van der Waals surface area contributed by atoms with Gasteiger partial charge < -0.3 is 19.7 Å². The van der Waals surface area contributed by atoms with Gasteiger partial charge in [-0.05, 0) is 26.0 Å². The predicted molar refractivity (Wildman–Crippen MR) is 99.8 cm³/mol. The number of hydrogen-bond acceptors (Lipinski definition) is 5. The van der Waals surface area contributed by atoms with Crippen LogP contribution in [0.3, 0.4) is 0 Å². The topological polar surface area (TPSA) is 96.3 Å². The minimum Gasteiger partial charge on any atom is -0.488 e. The summed E-state index contributed by atoms with van der Waals surface area (Å²) in [6.07, 6.45) is 3.91. The number of carboxylic acids is 2. The fraction of sp³-hybridized carbons (Fsp3) is 0.368. The van der Waals surface area contributed by atoms with Crippen molar-refractivity contribution in [3.8, 4) is 11.5 Å². The highest BCUT2D eigenvalue weighted by molar-refractivity contribution is 6.27. The first-order valence-electron chi connectivity index (χ1n) is 8.10. The molecule has 1 aromatic rings. The number of carbonyl (C=O) groups is 2. The maximum Gasteiger partial charge on any atom is 0.414 e. The minimum absolute atomic E-state index is 0.137. The van der Waals surface area contributed by atoms with Crippen LogP contribution in [0.15, 0.2) is 49.6 Å². The Hall–Kier alpha value is -2.80. The lowest BCUT2D eigenvalue weighted by Gasteiger charge is -2.20. The third kappa shape index (κ3) is 10.9. The number of hydrogen-bond donors (Lipinski definition) is 2. The van der Waals surface area contributed by atoms with Crippen molar-refractivity contribution in [1.29, 1.82) is 0 Å². The van der Waals surface area contributed by atoms with E-state index >= 15 is 0 Å². The van der Waals surface area contributed by atoms with Crippen LogP contribution in [0.5, 0.6) is 11.5 Å². The van der Waals surface area contributed by atoms with Crippen molar-refractivity contribution in [2.24, 2.45) is 0 Å². The molecule has 0 aromatic heterocycles. The van der Waals surface area contributed by atoms with Gasteiger partial charge in [-0.15, -0.1) is 13.2 Å². The number of rotatable bonds is 10. The Labute approximate surface area is 154 Å². The molecular formula is C19H27NO6. The molecule has 1 rings (SSSR count). The lowest BCUT2D eigenvalue weighted by atomic mass is 10.3. The van der Waals surface area contributed by atoms with Crippen molar-refractivity contribution in [2.45, 2.75) is 20.0 Å². The average Bonchev–Trinajstić information content (AvgIpc) is 2.57. The zero-order valence-corrected chi connectivity index (χ0v) is 15.3. The SMILES string of the molecule is C=CCN(CC=C)CCOc1ccccc1OC(C)C.O=C(O)C(=O)O. The van der Waals surface area contributed by atoms with Crippen LogP contribution in [-0.4, -0.2) is 59.4 Å². The van der Waals surface area contributed by atoms with E-state index in [-0.39, 0.29) is 6.10 Å². The van der Waals surface area contributed by atoms with Crippen LogP contribution in [0.1, 0.15) is 13.8 Å². The summed E-state index contributed by atoms with van der Waals surface area (Å²) in [6, 6.07) is 7.77. The van der Waals surface area contributed by atoms with Crippen LogP contribution in [-0.2, 0) is 9.59 Å². The third-order valence-corrected chi connectivity index (χ3v) is 2.83. The summed E-state index contributed by atoms with van der Waals surface area (Å²) >= 11 is 0. The molecule has 7 nitrogen and oxygen atoms in total. The summed E-state index contributed by atoms with van der Waals surface area (Å²) in [5, 5.41) is 14.8. The summed E-state index contributed by atoms with van der Waals surface area (Å²) in [5.74, 6) is -2.06. The van der Waals surface area contributed by atoms with Crippen LogP contribution < -0.4 is 9.47 Å². The molecule has 0 heterocycles. The fourth-order valence-corrected chi connectivity index (χ4v) is 1.83. The Kier molecular flexibility index (Phi) is 12.0. The van der Waals surface area contributed by atoms with E-state index in [1.807, 2.05) is 50.3 Å². The van der Waals surface area contributed by atoms with E-state index < -0.39 is 11.9 Å². The molecule has 26 heavy (non-hydrogen) atoms. The lowest BCUT2D eigenvalue weighted by molar-refractivity contribution is -0.159. The molecular weight excluding hydrogens is 338 g/mol. The maximum atomic E-state index is 9.10. The summed E-state index contributed by atoms with van der Waals surface area (Å²) in [4.78, 5) is 20.4. The number of benzene rings is 1. The van der Waals surface area contributed by atoms with Crippen molar-refractivity contribution in [3.63, 3.8) is 0 Å². The standard InChI is InChI=1S/C17H25NO2.C2H2O4/c1-5-11-18(12-6-2)13-14-19-16-9-7-8-10-17(16)20-15(3)4;3-1(4)2(5)6/h5-10,15H,1-2,11-14H2,3-4H3;(H,3,4)(H,5,6). The molecule has 0 aliphatic rings. The first-order chi connectivity index (χ1) is 12.3. The zero-order valence-electron chi connectivity index (χ0n) is 15.3. The lowest BCUT2D eigenvalue weighted by Crippen LogP contribution is -2.28. The molecule has 2 N–H and O–H groups in total. The van der Waals surface area contributed by atoms with Gasteiger partial charge >= 0.3 is 11.9 Å². The first kappa shape index (κ1) is 23.2. The molecule has 144 valence electrons. The summed E-state index contributed by atoms with van der Waals surface area (Å²) in [7, 11) is 0. The van der Waals surface area contributed by atoms with E-state index in [1.54, 1.807) is 0 Å². The molecule has 0 atom stereocenters. The summed E-state index contributed by atoms with van der Waals surface area (Å²) in [6.45, 7) is 14.6. The molecule has 0 amide bonds. The molecule has 0 saturated heterocycles. The van der Waals surface area contributed by atoms with Gasteiger partial charge in [0.25, 0.3) is 0 Å². The van der Waals surface area contributed by atoms with Gasteiger partial charge in [-0.3, -0.25) is 4.90 Å². The Bertz CT molecular complexity index is 563. The molecule has 0 aliphatic heterocycles. The van der Waals surface area contributed by atoms with Gasteiger partial charge in [0, 0.05) is 19.6 Å². The summed E-state index contributed by atoms with van der Waals surface area (Å²) in [5.41, 5.74) is 0. The molecule has 0 spiro atoms. The van der Waals surface area contributed by atoms with E-state index in [4.69, 9.17) is 29.3 Å². The quantitative estimate of drug-likeness (QED) is 0.486. The highest BCUT2D eigenvalue weighted by Gasteiger charge is 2.07. The minimum atomic E-state index is -1.82. The second kappa shape index (κ2) is 13.5.